The summed E-state index contributed by atoms with van der Waals surface area (Å²) >= 11 is 11.8. The number of halogens is 2. The monoisotopic (exact) mass is 367 g/mol. The number of benzene rings is 2. The van der Waals surface area contributed by atoms with E-state index in [1.54, 1.807) is 18.2 Å². The van der Waals surface area contributed by atoms with Crippen molar-refractivity contribution in [2.24, 2.45) is 0 Å². The van der Waals surface area contributed by atoms with Crippen LogP contribution >= 0.6 is 23.2 Å². The van der Waals surface area contributed by atoms with E-state index in [0.29, 0.717) is 22.3 Å². The topological polar surface area (TPSA) is 42.8 Å². The third-order valence-electron chi connectivity index (χ3n) is 3.39. The number of nitrogens with one attached hydrogen (secondary N) is 2. The third kappa shape index (κ3) is 5.71. The second-order valence-corrected chi connectivity index (χ2v) is 6.64. The molecule has 6 heteroatoms. The molecule has 0 aliphatic carbocycles. The lowest BCUT2D eigenvalue weighted by Crippen LogP contribution is -3.04. The minimum Gasteiger partial charge on any atom is -0.482 e. The Morgan fingerprint density at radius 1 is 1.12 bits per heavy atom. The summed E-state index contributed by atoms with van der Waals surface area (Å²) in [7, 11) is 4.19. The van der Waals surface area contributed by atoms with Crippen LogP contribution < -0.4 is 15.0 Å². The number of hydrogen-bond acceptors (Lipinski definition) is 2. The van der Waals surface area contributed by atoms with Gasteiger partial charge in [-0.2, -0.15) is 0 Å². The van der Waals surface area contributed by atoms with Crippen molar-refractivity contribution >= 4 is 29.1 Å². The van der Waals surface area contributed by atoms with Gasteiger partial charge in [-0.25, -0.2) is 0 Å². The Labute approximate surface area is 152 Å². The van der Waals surface area contributed by atoms with Crippen molar-refractivity contribution in [1.29, 1.82) is 0 Å². The van der Waals surface area contributed by atoms with Crippen molar-refractivity contribution in [3.05, 3.63) is 63.6 Å². The average Bonchev–Trinajstić information content (AvgIpc) is 2.52. The van der Waals surface area contributed by atoms with Crippen molar-refractivity contribution in [1.82, 2.24) is 5.32 Å². The zero-order chi connectivity index (χ0) is 17.5. The summed E-state index contributed by atoms with van der Waals surface area (Å²) in [5, 5.41) is 3.78. The van der Waals surface area contributed by atoms with E-state index in [9.17, 15) is 4.79 Å². The Morgan fingerprint density at radius 2 is 1.83 bits per heavy atom. The first-order valence-corrected chi connectivity index (χ1v) is 8.41. The van der Waals surface area contributed by atoms with Gasteiger partial charge < -0.3 is 15.0 Å². The quantitative estimate of drug-likeness (QED) is 0.788. The summed E-state index contributed by atoms with van der Waals surface area (Å²) in [5.41, 5.74) is 2.33. The number of carbonyl (C=O) groups is 1. The molecule has 4 nitrogen and oxygen atoms in total. The highest BCUT2D eigenvalue weighted by Crippen LogP contribution is 2.27. The molecule has 2 aromatic rings. The van der Waals surface area contributed by atoms with E-state index in [0.717, 1.165) is 12.1 Å². The van der Waals surface area contributed by atoms with E-state index in [-0.39, 0.29) is 12.5 Å². The molecule has 2 N–H and O–H groups in total. The Bertz CT molecular complexity index is 705. The Morgan fingerprint density at radius 3 is 2.50 bits per heavy atom. The van der Waals surface area contributed by atoms with Crippen LogP contribution in [0, 0.1) is 0 Å². The summed E-state index contributed by atoms with van der Waals surface area (Å²) in [4.78, 5) is 13.3. The smallest absolute Gasteiger partial charge is 0.258 e. The lowest BCUT2D eigenvalue weighted by Gasteiger charge is -2.13. The second kappa shape index (κ2) is 8.92. The number of amides is 1. The zero-order valence-corrected chi connectivity index (χ0v) is 15.2. The van der Waals surface area contributed by atoms with Crippen LogP contribution in [0.1, 0.15) is 11.1 Å². The van der Waals surface area contributed by atoms with E-state index in [1.807, 2.05) is 18.2 Å². The molecular formula is C18H21Cl2N2O2+. The lowest BCUT2D eigenvalue weighted by atomic mass is 10.1. The van der Waals surface area contributed by atoms with Crippen LogP contribution in [0.4, 0.5) is 0 Å². The highest BCUT2D eigenvalue weighted by atomic mass is 35.5. The van der Waals surface area contributed by atoms with E-state index < -0.39 is 0 Å². The van der Waals surface area contributed by atoms with Crippen molar-refractivity contribution in [2.75, 3.05) is 20.7 Å². The lowest BCUT2D eigenvalue weighted by molar-refractivity contribution is -0.872. The van der Waals surface area contributed by atoms with Crippen LogP contribution in [-0.2, 0) is 17.9 Å². The number of hydrogen-bond donors (Lipinski definition) is 2. The molecule has 0 aromatic heterocycles. The third-order valence-corrected chi connectivity index (χ3v) is 3.92. The molecule has 0 aliphatic rings. The van der Waals surface area contributed by atoms with Gasteiger partial charge in [0, 0.05) is 17.1 Å². The molecule has 0 heterocycles. The Kier molecular flexibility index (Phi) is 6.91. The van der Waals surface area contributed by atoms with Crippen molar-refractivity contribution < 1.29 is 14.4 Å². The maximum atomic E-state index is 12.0. The van der Waals surface area contributed by atoms with Crippen LogP contribution in [0.25, 0.3) is 0 Å². The maximum absolute atomic E-state index is 12.0. The molecule has 2 aromatic carbocycles. The van der Waals surface area contributed by atoms with Gasteiger partial charge in [0.15, 0.2) is 6.61 Å². The predicted octanol–water partition coefficient (Wildman–Crippen LogP) is 2.33. The second-order valence-electron chi connectivity index (χ2n) is 5.79. The van der Waals surface area contributed by atoms with Gasteiger partial charge in [-0.1, -0.05) is 47.5 Å². The maximum Gasteiger partial charge on any atom is 0.258 e. The van der Waals surface area contributed by atoms with E-state index in [1.165, 1.54) is 10.5 Å². The van der Waals surface area contributed by atoms with Gasteiger partial charge in [0.05, 0.1) is 19.1 Å². The van der Waals surface area contributed by atoms with Gasteiger partial charge in [0.2, 0.25) is 0 Å². The molecule has 0 bridgehead atoms. The van der Waals surface area contributed by atoms with Gasteiger partial charge >= 0.3 is 0 Å². The fourth-order valence-corrected chi connectivity index (χ4v) is 2.73. The first-order chi connectivity index (χ1) is 11.5. The number of carbonyl (C=O) groups excluding carboxylic acids is 1. The highest BCUT2D eigenvalue weighted by Gasteiger charge is 2.09. The van der Waals surface area contributed by atoms with E-state index in [4.69, 9.17) is 27.9 Å². The van der Waals surface area contributed by atoms with Gasteiger partial charge in [-0.15, -0.1) is 0 Å². The molecule has 128 valence electrons. The van der Waals surface area contributed by atoms with E-state index in [2.05, 4.69) is 25.5 Å². The largest absolute Gasteiger partial charge is 0.482 e. The standard InChI is InChI=1S/C18H20Cl2N2O2/c1-22(2)11-14-6-4-3-5-13(14)10-21-18(23)12-24-17-8-7-15(19)9-16(17)20/h3-9H,10-12H2,1-2H3,(H,21,23)/p+1. The Hall–Kier alpha value is -1.75. The van der Waals surface area contributed by atoms with Gasteiger partial charge in [0.25, 0.3) is 5.91 Å². The first kappa shape index (κ1) is 18.6. The molecule has 2 rings (SSSR count). The number of rotatable bonds is 7. The molecule has 1 amide bonds. The molecule has 0 aliphatic heterocycles. The summed E-state index contributed by atoms with van der Waals surface area (Å²) in [6.07, 6.45) is 0. The molecule has 0 saturated carbocycles. The fraction of sp³-hybridized carbons (Fsp3) is 0.278. The summed E-state index contributed by atoms with van der Waals surface area (Å²) in [6, 6.07) is 13.0. The number of ether oxygens (including phenoxy) is 1. The molecule has 0 spiro atoms. The van der Waals surface area contributed by atoms with Crippen molar-refractivity contribution in [2.45, 2.75) is 13.1 Å². The molecule has 0 fully saturated rings. The summed E-state index contributed by atoms with van der Waals surface area (Å²) in [6.45, 7) is 1.28. The van der Waals surface area contributed by atoms with Crippen LogP contribution in [0.15, 0.2) is 42.5 Å². The van der Waals surface area contributed by atoms with Crippen molar-refractivity contribution in [3.8, 4) is 5.75 Å². The zero-order valence-electron chi connectivity index (χ0n) is 13.7. The van der Waals surface area contributed by atoms with Crippen LogP contribution in [0.5, 0.6) is 5.75 Å². The van der Waals surface area contributed by atoms with Crippen molar-refractivity contribution in [3.63, 3.8) is 0 Å². The summed E-state index contributed by atoms with van der Waals surface area (Å²) in [5.74, 6) is 0.237. The molecule has 0 radical (unpaired) electrons. The summed E-state index contributed by atoms with van der Waals surface area (Å²) < 4.78 is 5.43. The van der Waals surface area contributed by atoms with Crippen LogP contribution in [0.3, 0.4) is 0 Å². The number of quaternary nitrogens is 1. The van der Waals surface area contributed by atoms with Gasteiger partial charge in [0.1, 0.15) is 12.3 Å². The molecule has 0 unspecified atom stereocenters. The Balaban J connectivity index is 1.87. The molecule has 0 saturated heterocycles. The molecule has 0 atom stereocenters. The molecular weight excluding hydrogens is 347 g/mol. The van der Waals surface area contributed by atoms with Crippen LogP contribution in [-0.4, -0.2) is 26.6 Å². The van der Waals surface area contributed by atoms with Gasteiger partial charge in [-0.3, -0.25) is 4.79 Å². The average molecular weight is 368 g/mol. The minimum atomic E-state index is -0.201. The fourth-order valence-electron chi connectivity index (χ4n) is 2.26. The van der Waals surface area contributed by atoms with Gasteiger partial charge in [-0.05, 0) is 23.8 Å². The first-order valence-electron chi connectivity index (χ1n) is 7.66. The van der Waals surface area contributed by atoms with Crippen LogP contribution in [0.2, 0.25) is 10.0 Å². The minimum absolute atomic E-state index is 0.0948. The molecule has 24 heavy (non-hydrogen) atoms. The highest BCUT2D eigenvalue weighted by molar-refractivity contribution is 6.35. The van der Waals surface area contributed by atoms with E-state index >= 15 is 0 Å². The SMILES string of the molecule is C[NH+](C)Cc1ccccc1CNC(=O)COc1ccc(Cl)cc1Cl. The predicted molar refractivity (Wildman–Crippen MR) is 96.8 cm³/mol. The normalized spacial score (nSPS) is 10.7.